The van der Waals surface area contributed by atoms with Crippen LogP contribution < -0.4 is 14.4 Å². The summed E-state index contributed by atoms with van der Waals surface area (Å²) in [6, 6.07) is 23.0. The van der Waals surface area contributed by atoms with Crippen LogP contribution in [0.4, 0.5) is 5.69 Å². The molecule has 0 saturated heterocycles. The van der Waals surface area contributed by atoms with Gasteiger partial charge < -0.3 is 10.1 Å². The van der Waals surface area contributed by atoms with E-state index in [1.165, 1.54) is 7.11 Å². The summed E-state index contributed by atoms with van der Waals surface area (Å²) in [7, 11) is -2.41. The summed E-state index contributed by atoms with van der Waals surface area (Å²) in [5, 5.41) is 2.87. The minimum Gasteiger partial charge on any atom is -0.497 e. The maximum atomic E-state index is 13.4. The van der Waals surface area contributed by atoms with Crippen molar-refractivity contribution in [3.63, 3.8) is 0 Å². The Bertz CT molecular complexity index is 1130. The molecule has 1 unspecified atom stereocenters. The summed E-state index contributed by atoms with van der Waals surface area (Å²) in [6.45, 7) is 3.98. The molecule has 0 heterocycles. The first-order valence-electron chi connectivity index (χ1n) is 10.4. The fraction of sp³-hybridized carbons (Fsp3) is 0.240. The number of aryl methyl sites for hydroxylation is 1. The van der Waals surface area contributed by atoms with Crippen molar-refractivity contribution in [1.82, 2.24) is 5.32 Å². The molecular formula is C25H28N2O4S. The lowest BCUT2D eigenvalue weighted by Gasteiger charge is -2.25. The summed E-state index contributed by atoms with van der Waals surface area (Å²) in [4.78, 5) is 12.9. The lowest BCUT2D eigenvalue weighted by Crippen LogP contribution is -2.41. The maximum Gasteiger partial charge on any atom is 0.264 e. The van der Waals surface area contributed by atoms with Gasteiger partial charge in [-0.05, 0) is 54.8 Å². The van der Waals surface area contributed by atoms with Gasteiger partial charge in [-0.25, -0.2) is 8.42 Å². The normalized spacial score (nSPS) is 12.1. The van der Waals surface area contributed by atoms with Gasteiger partial charge in [0.05, 0.1) is 17.7 Å². The van der Waals surface area contributed by atoms with Gasteiger partial charge in [-0.15, -0.1) is 0 Å². The lowest BCUT2D eigenvalue weighted by molar-refractivity contribution is -0.119. The smallest absolute Gasteiger partial charge is 0.264 e. The first-order valence-corrected chi connectivity index (χ1v) is 11.8. The Labute approximate surface area is 189 Å². The van der Waals surface area contributed by atoms with Gasteiger partial charge in [0.2, 0.25) is 5.91 Å². The van der Waals surface area contributed by atoms with E-state index in [-0.39, 0.29) is 23.3 Å². The Hall–Kier alpha value is -3.32. The fourth-order valence-corrected chi connectivity index (χ4v) is 4.67. The number of hydrogen-bond acceptors (Lipinski definition) is 4. The van der Waals surface area contributed by atoms with E-state index in [0.717, 1.165) is 15.4 Å². The second-order valence-corrected chi connectivity index (χ2v) is 9.50. The molecular weight excluding hydrogens is 424 g/mol. The third kappa shape index (κ3) is 5.68. The highest BCUT2D eigenvalue weighted by Crippen LogP contribution is 2.26. The van der Waals surface area contributed by atoms with Gasteiger partial charge in [-0.2, -0.15) is 0 Å². The number of ether oxygens (including phenoxy) is 1. The van der Waals surface area contributed by atoms with E-state index in [2.05, 4.69) is 5.32 Å². The van der Waals surface area contributed by atoms with Gasteiger partial charge in [-0.3, -0.25) is 9.10 Å². The molecule has 0 saturated carbocycles. The molecule has 0 aliphatic carbocycles. The van der Waals surface area contributed by atoms with Crippen molar-refractivity contribution in [2.75, 3.05) is 24.5 Å². The zero-order valence-corrected chi connectivity index (χ0v) is 19.3. The number of nitrogens with one attached hydrogen (secondary N) is 1. The van der Waals surface area contributed by atoms with Crippen molar-refractivity contribution in [2.24, 2.45) is 0 Å². The van der Waals surface area contributed by atoms with Crippen LogP contribution in [-0.2, 0) is 14.8 Å². The summed E-state index contributed by atoms with van der Waals surface area (Å²) < 4.78 is 33.1. The van der Waals surface area contributed by atoms with E-state index >= 15 is 0 Å². The molecule has 1 atom stereocenters. The van der Waals surface area contributed by atoms with Crippen molar-refractivity contribution >= 4 is 21.6 Å². The van der Waals surface area contributed by atoms with Gasteiger partial charge in [0.1, 0.15) is 12.3 Å². The Balaban J connectivity index is 1.82. The quantitative estimate of drug-likeness (QED) is 0.530. The zero-order valence-electron chi connectivity index (χ0n) is 18.5. The van der Waals surface area contributed by atoms with Crippen LogP contribution in [0.15, 0.2) is 83.8 Å². The van der Waals surface area contributed by atoms with Crippen LogP contribution >= 0.6 is 0 Å². The van der Waals surface area contributed by atoms with E-state index in [0.29, 0.717) is 18.0 Å². The standard InChI is InChI=1S/C25H28N2O4S/c1-19-9-15-24(16-10-19)32(29,30)27(22-11-13-23(31-3)14-12-22)18-25(28)26-17-20(2)21-7-5-4-6-8-21/h4-16,20H,17-18H2,1-3H3,(H,26,28). The van der Waals surface area contributed by atoms with Crippen molar-refractivity contribution in [3.8, 4) is 5.75 Å². The van der Waals surface area contributed by atoms with E-state index in [1.54, 1.807) is 48.5 Å². The molecule has 32 heavy (non-hydrogen) atoms. The predicted molar refractivity (Wildman–Crippen MR) is 127 cm³/mol. The van der Waals surface area contributed by atoms with Crippen LogP contribution in [0, 0.1) is 6.92 Å². The van der Waals surface area contributed by atoms with Crippen LogP contribution in [0.5, 0.6) is 5.75 Å². The first kappa shape index (κ1) is 23.3. The fourth-order valence-electron chi connectivity index (χ4n) is 3.25. The Morgan fingerprint density at radius 1 is 0.969 bits per heavy atom. The summed E-state index contributed by atoms with van der Waals surface area (Å²) in [5.74, 6) is 0.324. The van der Waals surface area contributed by atoms with Gasteiger partial charge in [0.25, 0.3) is 10.0 Å². The number of benzene rings is 3. The number of carbonyl (C=O) groups excluding carboxylic acids is 1. The number of amides is 1. The molecule has 0 radical (unpaired) electrons. The third-order valence-electron chi connectivity index (χ3n) is 5.23. The molecule has 3 aromatic carbocycles. The molecule has 7 heteroatoms. The van der Waals surface area contributed by atoms with Crippen LogP contribution in [0.25, 0.3) is 0 Å². The number of carbonyl (C=O) groups is 1. The topological polar surface area (TPSA) is 75.7 Å². The minimum absolute atomic E-state index is 0.100. The number of rotatable bonds is 9. The molecule has 1 N–H and O–H groups in total. The Morgan fingerprint density at radius 3 is 2.19 bits per heavy atom. The molecule has 0 bridgehead atoms. The number of methoxy groups -OCH3 is 1. The van der Waals surface area contributed by atoms with Crippen LogP contribution in [0.3, 0.4) is 0 Å². The highest BCUT2D eigenvalue weighted by molar-refractivity contribution is 7.92. The van der Waals surface area contributed by atoms with Crippen molar-refractivity contribution in [3.05, 3.63) is 90.0 Å². The third-order valence-corrected chi connectivity index (χ3v) is 7.02. The molecule has 0 aliphatic heterocycles. The molecule has 168 valence electrons. The second-order valence-electron chi connectivity index (χ2n) is 7.64. The maximum absolute atomic E-state index is 13.4. The van der Waals surface area contributed by atoms with Crippen molar-refractivity contribution in [1.29, 1.82) is 0 Å². The monoisotopic (exact) mass is 452 g/mol. The molecule has 1 amide bonds. The summed E-state index contributed by atoms with van der Waals surface area (Å²) in [5.41, 5.74) is 2.44. The molecule has 3 aromatic rings. The lowest BCUT2D eigenvalue weighted by atomic mass is 10.0. The Morgan fingerprint density at radius 2 is 1.59 bits per heavy atom. The summed E-state index contributed by atoms with van der Waals surface area (Å²) in [6.07, 6.45) is 0. The molecule has 0 fully saturated rings. The van der Waals surface area contributed by atoms with Gasteiger partial charge in [-0.1, -0.05) is 55.0 Å². The van der Waals surface area contributed by atoms with Gasteiger partial charge in [0.15, 0.2) is 0 Å². The number of sulfonamides is 1. The van der Waals surface area contributed by atoms with Crippen molar-refractivity contribution in [2.45, 2.75) is 24.7 Å². The van der Waals surface area contributed by atoms with E-state index < -0.39 is 10.0 Å². The summed E-state index contributed by atoms with van der Waals surface area (Å²) >= 11 is 0. The van der Waals surface area contributed by atoms with Gasteiger partial charge in [0, 0.05) is 6.54 Å². The highest BCUT2D eigenvalue weighted by atomic mass is 32.2. The number of hydrogen-bond donors (Lipinski definition) is 1. The van der Waals surface area contributed by atoms with Crippen molar-refractivity contribution < 1.29 is 17.9 Å². The minimum atomic E-state index is -3.94. The Kier molecular flexibility index (Phi) is 7.53. The van der Waals surface area contributed by atoms with Crippen LogP contribution in [-0.4, -0.2) is 34.5 Å². The van der Waals surface area contributed by atoms with E-state index in [9.17, 15) is 13.2 Å². The number of nitrogens with zero attached hydrogens (tertiary/aromatic N) is 1. The van der Waals surface area contributed by atoms with E-state index in [1.807, 2.05) is 44.2 Å². The highest BCUT2D eigenvalue weighted by Gasteiger charge is 2.27. The van der Waals surface area contributed by atoms with E-state index in [4.69, 9.17) is 4.74 Å². The molecule has 3 rings (SSSR count). The average molecular weight is 453 g/mol. The average Bonchev–Trinajstić information content (AvgIpc) is 2.82. The molecule has 0 spiro atoms. The number of anilines is 1. The molecule has 6 nitrogen and oxygen atoms in total. The van der Waals surface area contributed by atoms with Gasteiger partial charge >= 0.3 is 0 Å². The molecule has 0 aliphatic rings. The largest absolute Gasteiger partial charge is 0.497 e. The molecule has 0 aromatic heterocycles. The zero-order chi connectivity index (χ0) is 23.1. The van der Waals surface area contributed by atoms with Crippen LogP contribution in [0.2, 0.25) is 0 Å². The SMILES string of the molecule is COc1ccc(N(CC(=O)NCC(C)c2ccccc2)S(=O)(=O)c2ccc(C)cc2)cc1. The predicted octanol–water partition coefficient (Wildman–Crippen LogP) is 4.12. The first-order chi connectivity index (χ1) is 15.3. The van der Waals surface area contributed by atoms with Crippen LogP contribution in [0.1, 0.15) is 24.0 Å². The second kappa shape index (κ2) is 10.3.